The van der Waals surface area contributed by atoms with Crippen molar-refractivity contribution < 1.29 is 14.3 Å². The Hall–Kier alpha value is -3.34. The molecule has 0 fully saturated rings. The van der Waals surface area contributed by atoms with Crippen molar-refractivity contribution in [1.82, 2.24) is 5.32 Å². The largest absolute Gasteiger partial charge is 0.489 e. The minimum Gasteiger partial charge on any atom is -0.489 e. The summed E-state index contributed by atoms with van der Waals surface area (Å²) in [6, 6.07) is 29.5. The molecule has 3 atom stereocenters. The van der Waals surface area contributed by atoms with Crippen LogP contribution >= 0.6 is 12.4 Å². The number of benzene rings is 4. The Morgan fingerprint density at radius 2 is 1.78 bits per heavy atom. The molecule has 1 unspecified atom stereocenters. The average Bonchev–Trinajstić information content (AvgIpc) is 2.90. The summed E-state index contributed by atoms with van der Waals surface area (Å²) in [5.41, 5.74) is 5.10. The normalized spacial score (nSPS) is 17.4. The van der Waals surface area contributed by atoms with Crippen molar-refractivity contribution in [2.75, 3.05) is 13.7 Å². The smallest absolute Gasteiger partial charge is 0.338 e. The highest BCUT2D eigenvalue weighted by Gasteiger charge is 2.30. The maximum absolute atomic E-state index is 12.3. The van der Waals surface area contributed by atoms with E-state index in [4.69, 9.17) is 9.47 Å². The first-order valence-electron chi connectivity index (χ1n) is 12.2. The standard InChI is InChI=1S/C31H31NO3.ClH/c1-20-15-16-23(17-28(20)31(33)34-3)29-18-24(35-30-14-7-6-12-27(29)30)19-32-21(2)25-13-8-10-22-9-4-5-11-26(22)25;/h4-17,21,24,29,32H,18-19H2,1-3H3;1H/t21-,24-,29?;/m1./s1. The zero-order valence-corrected chi connectivity index (χ0v) is 21.7. The fourth-order valence-electron chi connectivity index (χ4n) is 5.17. The fourth-order valence-corrected chi connectivity index (χ4v) is 5.17. The van der Waals surface area contributed by atoms with Crippen LogP contribution in [0, 0.1) is 6.92 Å². The van der Waals surface area contributed by atoms with E-state index in [-0.39, 0.29) is 36.4 Å². The third-order valence-electron chi connectivity index (χ3n) is 7.10. The van der Waals surface area contributed by atoms with E-state index in [1.165, 1.54) is 23.4 Å². The number of hydrogen-bond acceptors (Lipinski definition) is 4. The first-order valence-corrected chi connectivity index (χ1v) is 12.2. The average molecular weight is 502 g/mol. The van der Waals surface area contributed by atoms with Gasteiger partial charge in [0.15, 0.2) is 0 Å². The van der Waals surface area contributed by atoms with Crippen molar-refractivity contribution in [3.05, 3.63) is 113 Å². The minimum absolute atomic E-state index is 0. The number of halogens is 1. The Labute approximate surface area is 219 Å². The quantitative estimate of drug-likeness (QED) is 0.289. The van der Waals surface area contributed by atoms with E-state index in [2.05, 4.69) is 66.8 Å². The molecule has 4 aromatic carbocycles. The van der Waals surface area contributed by atoms with Crippen LogP contribution in [0.5, 0.6) is 5.75 Å². The molecule has 1 N–H and O–H groups in total. The van der Waals surface area contributed by atoms with Gasteiger partial charge in [0.1, 0.15) is 11.9 Å². The van der Waals surface area contributed by atoms with Gasteiger partial charge in [-0.3, -0.25) is 0 Å². The molecule has 0 aromatic heterocycles. The predicted molar refractivity (Wildman–Crippen MR) is 147 cm³/mol. The van der Waals surface area contributed by atoms with Crippen LogP contribution in [0.3, 0.4) is 0 Å². The number of fused-ring (bicyclic) bond motifs is 2. The summed E-state index contributed by atoms with van der Waals surface area (Å²) in [7, 11) is 1.43. The van der Waals surface area contributed by atoms with Crippen molar-refractivity contribution in [1.29, 1.82) is 0 Å². The third-order valence-corrected chi connectivity index (χ3v) is 7.10. The molecule has 0 spiro atoms. The van der Waals surface area contributed by atoms with Crippen LogP contribution in [-0.4, -0.2) is 25.7 Å². The zero-order chi connectivity index (χ0) is 24.4. The highest BCUT2D eigenvalue weighted by Crippen LogP contribution is 2.41. The summed E-state index contributed by atoms with van der Waals surface area (Å²) in [6.07, 6.45) is 0.839. The molecule has 1 heterocycles. The zero-order valence-electron chi connectivity index (χ0n) is 20.9. The molecule has 0 amide bonds. The number of methoxy groups -OCH3 is 1. The highest BCUT2D eigenvalue weighted by atomic mass is 35.5. The van der Waals surface area contributed by atoms with Crippen LogP contribution in [0.1, 0.15) is 57.9 Å². The molecule has 1 aliphatic heterocycles. The Morgan fingerprint density at radius 1 is 1.03 bits per heavy atom. The monoisotopic (exact) mass is 501 g/mol. The number of aryl methyl sites for hydroxylation is 1. The van der Waals surface area contributed by atoms with Crippen LogP contribution in [0.15, 0.2) is 84.9 Å². The van der Waals surface area contributed by atoms with Gasteiger partial charge < -0.3 is 14.8 Å². The van der Waals surface area contributed by atoms with Gasteiger partial charge in [0.25, 0.3) is 0 Å². The van der Waals surface area contributed by atoms with Crippen molar-refractivity contribution in [3.63, 3.8) is 0 Å². The number of rotatable bonds is 6. The number of nitrogens with one attached hydrogen (secondary N) is 1. The molecule has 186 valence electrons. The summed E-state index contributed by atoms with van der Waals surface area (Å²) in [5.74, 6) is 0.754. The molecular formula is C31H32ClNO3. The summed E-state index contributed by atoms with van der Waals surface area (Å²) in [4.78, 5) is 12.3. The summed E-state index contributed by atoms with van der Waals surface area (Å²) >= 11 is 0. The second kappa shape index (κ2) is 11.2. The number of para-hydroxylation sites is 1. The third kappa shape index (κ3) is 5.11. The van der Waals surface area contributed by atoms with Crippen molar-refractivity contribution >= 4 is 29.1 Å². The number of esters is 1. The van der Waals surface area contributed by atoms with Crippen molar-refractivity contribution in [3.8, 4) is 5.75 Å². The van der Waals surface area contributed by atoms with E-state index < -0.39 is 0 Å². The van der Waals surface area contributed by atoms with Gasteiger partial charge >= 0.3 is 5.97 Å². The highest BCUT2D eigenvalue weighted by molar-refractivity contribution is 5.91. The van der Waals surface area contributed by atoms with E-state index in [1.807, 2.05) is 37.3 Å². The Balaban J connectivity index is 0.00000304. The van der Waals surface area contributed by atoms with E-state index in [9.17, 15) is 4.79 Å². The molecule has 0 aliphatic carbocycles. The second-order valence-electron chi connectivity index (χ2n) is 9.33. The predicted octanol–water partition coefficient (Wildman–Crippen LogP) is 6.99. The van der Waals surface area contributed by atoms with E-state index in [0.717, 1.165) is 35.4 Å². The van der Waals surface area contributed by atoms with Gasteiger partial charge in [-0.2, -0.15) is 0 Å². The van der Waals surface area contributed by atoms with Gasteiger partial charge in [-0.1, -0.05) is 72.8 Å². The second-order valence-corrected chi connectivity index (χ2v) is 9.33. The van der Waals surface area contributed by atoms with Gasteiger partial charge in [-0.25, -0.2) is 4.79 Å². The first kappa shape index (κ1) is 25.7. The van der Waals surface area contributed by atoms with E-state index >= 15 is 0 Å². The summed E-state index contributed by atoms with van der Waals surface area (Å²) in [6.45, 7) is 4.87. The molecule has 4 nitrogen and oxygen atoms in total. The molecule has 5 heteroatoms. The van der Waals surface area contributed by atoms with Gasteiger partial charge in [0, 0.05) is 24.1 Å². The van der Waals surface area contributed by atoms with Crippen LogP contribution in [0.2, 0.25) is 0 Å². The van der Waals surface area contributed by atoms with Gasteiger partial charge in [-0.15, -0.1) is 12.4 Å². The number of carbonyl (C=O) groups is 1. The van der Waals surface area contributed by atoms with Gasteiger partial charge in [-0.05, 0) is 59.9 Å². The number of ether oxygens (including phenoxy) is 2. The van der Waals surface area contributed by atoms with Crippen LogP contribution < -0.4 is 10.1 Å². The summed E-state index contributed by atoms with van der Waals surface area (Å²) in [5, 5.41) is 6.24. The van der Waals surface area contributed by atoms with E-state index in [0.29, 0.717) is 5.56 Å². The lowest BCUT2D eigenvalue weighted by atomic mass is 9.83. The van der Waals surface area contributed by atoms with Crippen LogP contribution in [0.25, 0.3) is 10.8 Å². The molecule has 5 rings (SSSR count). The minimum atomic E-state index is -0.299. The topological polar surface area (TPSA) is 47.6 Å². The summed E-state index contributed by atoms with van der Waals surface area (Å²) < 4.78 is 11.4. The molecular weight excluding hydrogens is 470 g/mol. The van der Waals surface area contributed by atoms with Crippen molar-refractivity contribution in [2.24, 2.45) is 0 Å². The van der Waals surface area contributed by atoms with Crippen molar-refractivity contribution in [2.45, 2.75) is 38.3 Å². The maximum Gasteiger partial charge on any atom is 0.338 e. The van der Waals surface area contributed by atoms with Crippen LogP contribution in [0.4, 0.5) is 0 Å². The lowest BCUT2D eigenvalue weighted by Gasteiger charge is -2.33. The lowest BCUT2D eigenvalue weighted by Crippen LogP contribution is -2.37. The van der Waals surface area contributed by atoms with Crippen LogP contribution in [-0.2, 0) is 4.74 Å². The molecule has 0 bridgehead atoms. The first-order chi connectivity index (χ1) is 17.0. The molecule has 36 heavy (non-hydrogen) atoms. The Bertz CT molecular complexity index is 1360. The fraction of sp³-hybridized carbons (Fsp3) is 0.258. The Morgan fingerprint density at radius 3 is 2.61 bits per heavy atom. The molecule has 1 aliphatic rings. The number of carbonyl (C=O) groups excluding carboxylic acids is 1. The molecule has 0 saturated heterocycles. The SMILES string of the molecule is COC(=O)c1cc(C2C[C@H](CN[C@H](C)c3cccc4ccccc34)Oc3ccccc32)ccc1C.Cl. The van der Waals surface area contributed by atoms with E-state index in [1.54, 1.807) is 0 Å². The molecule has 0 radical (unpaired) electrons. The Kier molecular flexibility index (Phi) is 7.97. The lowest BCUT2D eigenvalue weighted by molar-refractivity contribution is 0.0599. The van der Waals surface area contributed by atoms with Gasteiger partial charge in [0.2, 0.25) is 0 Å². The molecule has 0 saturated carbocycles. The van der Waals surface area contributed by atoms with Gasteiger partial charge in [0.05, 0.1) is 12.7 Å². The number of hydrogen-bond donors (Lipinski definition) is 1. The maximum atomic E-state index is 12.3. The molecule has 4 aromatic rings.